The highest BCUT2D eigenvalue weighted by molar-refractivity contribution is 6.33. The maximum atomic E-state index is 11.0. The molecule has 0 aromatic heterocycles. The molecular formula is C28H41ClN2O4. The van der Waals surface area contributed by atoms with Crippen LogP contribution in [0.3, 0.4) is 0 Å². The number of nitrogens with zero attached hydrogens (tertiary/aromatic N) is 1. The molecule has 0 radical (unpaired) electrons. The van der Waals surface area contributed by atoms with E-state index in [1.807, 2.05) is 6.92 Å². The molecule has 3 rings (SSSR count). The van der Waals surface area contributed by atoms with Gasteiger partial charge in [0.2, 0.25) is 0 Å². The van der Waals surface area contributed by atoms with E-state index in [1.54, 1.807) is 7.11 Å². The van der Waals surface area contributed by atoms with Crippen molar-refractivity contribution in [1.82, 2.24) is 5.32 Å². The van der Waals surface area contributed by atoms with Gasteiger partial charge in [-0.1, -0.05) is 61.3 Å². The molecule has 0 amide bonds. The van der Waals surface area contributed by atoms with Crippen molar-refractivity contribution in [2.45, 2.75) is 66.0 Å². The van der Waals surface area contributed by atoms with Crippen molar-refractivity contribution in [3.63, 3.8) is 0 Å². The Bertz CT molecular complexity index is 986. The fourth-order valence-electron chi connectivity index (χ4n) is 5.23. The number of hydrogen-bond donors (Lipinski definition) is 2. The lowest BCUT2D eigenvalue weighted by molar-refractivity contribution is -0.0258. The molecular weight excluding hydrogens is 464 g/mol. The molecule has 1 saturated carbocycles. The average Bonchev–Trinajstić information content (AvgIpc) is 2.81. The summed E-state index contributed by atoms with van der Waals surface area (Å²) in [6.07, 6.45) is 11.1. The molecule has 1 aromatic carbocycles. The highest BCUT2D eigenvalue weighted by atomic mass is 35.5. The van der Waals surface area contributed by atoms with E-state index in [4.69, 9.17) is 25.9 Å². The van der Waals surface area contributed by atoms with Crippen LogP contribution in [0.25, 0.3) is 0 Å². The molecule has 0 bridgehead atoms. The standard InChI is InChI=1S/C28H41ClN2O4/c1-17(8-10-22-26(32)23(14-30-34-7)19(3)25(29)27(22)33-6)12-13-28(5)18(2)9-11-24(20(28)4)31-21-15-35-16-21/h8,12-14,18,20-21,24,31-32H,9-11,15-16H2,1-7H3/b13-12+,17-8+,30-14+/t18-,20+,24+,28+/m1/s1. The van der Waals surface area contributed by atoms with Crippen LogP contribution in [-0.4, -0.2) is 50.8 Å². The second-order valence-electron chi connectivity index (χ2n) is 10.3. The first kappa shape index (κ1) is 27.6. The van der Waals surface area contributed by atoms with Crippen molar-refractivity contribution in [2.75, 3.05) is 27.4 Å². The topological polar surface area (TPSA) is 72.3 Å². The normalized spacial score (nSPS) is 28.0. The molecule has 2 N–H and O–H groups in total. The summed E-state index contributed by atoms with van der Waals surface area (Å²) in [5.41, 5.74) is 3.06. The van der Waals surface area contributed by atoms with Crippen LogP contribution in [0.15, 0.2) is 29.0 Å². The second-order valence-corrected chi connectivity index (χ2v) is 10.6. The van der Waals surface area contributed by atoms with Gasteiger partial charge in [-0.2, -0.15) is 0 Å². The minimum absolute atomic E-state index is 0.0897. The molecule has 1 heterocycles. The van der Waals surface area contributed by atoms with Gasteiger partial charge in [-0.15, -0.1) is 0 Å². The van der Waals surface area contributed by atoms with Gasteiger partial charge in [-0.05, 0) is 55.9 Å². The summed E-state index contributed by atoms with van der Waals surface area (Å²) in [7, 11) is 3.03. The molecule has 194 valence electrons. The second kappa shape index (κ2) is 11.8. The number of aromatic hydroxyl groups is 1. The molecule has 4 atom stereocenters. The number of hydrogen-bond acceptors (Lipinski definition) is 6. The summed E-state index contributed by atoms with van der Waals surface area (Å²) < 4.78 is 10.9. The van der Waals surface area contributed by atoms with Gasteiger partial charge in [0.25, 0.3) is 0 Å². The van der Waals surface area contributed by atoms with Crippen LogP contribution < -0.4 is 10.1 Å². The van der Waals surface area contributed by atoms with E-state index in [1.165, 1.54) is 26.2 Å². The smallest absolute Gasteiger partial charge is 0.144 e. The van der Waals surface area contributed by atoms with E-state index in [2.05, 4.69) is 56.4 Å². The molecule has 2 aliphatic rings. The fraction of sp³-hybridized carbons (Fsp3) is 0.607. The molecule has 0 unspecified atom stereocenters. The molecule has 35 heavy (non-hydrogen) atoms. The summed E-state index contributed by atoms with van der Waals surface area (Å²) >= 11 is 6.56. The number of nitrogens with one attached hydrogen (secondary N) is 1. The van der Waals surface area contributed by atoms with Gasteiger partial charge in [-0.25, -0.2) is 0 Å². The van der Waals surface area contributed by atoms with E-state index in [0.717, 1.165) is 18.8 Å². The Kier molecular flexibility index (Phi) is 9.30. The van der Waals surface area contributed by atoms with Crippen LogP contribution in [0.1, 0.15) is 57.2 Å². The lowest BCUT2D eigenvalue weighted by Gasteiger charge is -2.49. The molecule has 7 heteroatoms. The SMILES string of the molecule is CO/N=C/c1c(C)c(Cl)c(OC)c(C/C=C(C)/C=C/[C@@]2(C)[C@H](C)CC[C@H](NC3COC3)[C@@H]2C)c1O. The Morgan fingerprint density at radius 1 is 1.29 bits per heavy atom. The Morgan fingerprint density at radius 2 is 2.00 bits per heavy atom. The zero-order chi connectivity index (χ0) is 25.8. The highest BCUT2D eigenvalue weighted by Crippen LogP contribution is 2.47. The van der Waals surface area contributed by atoms with E-state index in [9.17, 15) is 5.11 Å². The third kappa shape index (κ3) is 5.87. The Labute approximate surface area is 215 Å². The number of halogens is 1. The Morgan fingerprint density at radius 3 is 2.60 bits per heavy atom. The summed E-state index contributed by atoms with van der Waals surface area (Å²) in [6.45, 7) is 12.7. The van der Waals surface area contributed by atoms with Crippen molar-refractivity contribution in [1.29, 1.82) is 0 Å². The summed E-state index contributed by atoms with van der Waals surface area (Å²) in [5, 5.41) is 19.1. The lowest BCUT2D eigenvalue weighted by atomic mass is 9.60. The van der Waals surface area contributed by atoms with Gasteiger partial charge in [-0.3, -0.25) is 0 Å². The third-order valence-electron chi connectivity index (χ3n) is 8.22. The molecule has 6 nitrogen and oxygen atoms in total. The summed E-state index contributed by atoms with van der Waals surface area (Å²) in [6, 6.07) is 0.996. The van der Waals surface area contributed by atoms with Crippen LogP contribution in [0, 0.1) is 24.2 Å². The molecule has 1 aliphatic heterocycles. The first-order valence-corrected chi connectivity index (χ1v) is 12.9. The Hall–Kier alpha value is -2.02. The lowest BCUT2D eigenvalue weighted by Crippen LogP contribution is -2.56. The number of phenolic OH excluding ortho intramolecular Hbond substituents is 1. The number of allylic oxidation sites excluding steroid dienone is 4. The van der Waals surface area contributed by atoms with Crippen LogP contribution in [-0.2, 0) is 16.0 Å². The number of rotatable bonds is 9. The number of methoxy groups -OCH3 is 1. The number of benzene rings is 1. The predicted molar refractivity (Wildman–Crippen MR) is 143 cm³/mol. The Balaban J connectivity index is 1.81. The van der Waals surface area contributed by atoms with Gasteiger partial charge < -0.3 is 24.7 Å². The van der Waals surface area contributed by atoms with Crippen LogP contribution >= 0.6 is 11.6 Å². The van der Waals surface area contributed by atoms with Gasteiger partial charge in [0, 0.05) is 17.2 Å². The average molecular weight is 505 g/mol. The first-order valence-electron chi connectivity index (χ1n) is 12.5. The minimum Gasteiger partial charge on any atom is -0.507 e. The largest absolute Gasteiger partial charge is 0.507 e. The van der Waals surface area contributed by atoms with Gasteiger partial charge in [0.15, 0.2) is 0 Å². The summed E-state index contributed by atoms with van der Waals surface area (Å²) in [5.74, 6) is 1.70. The fourth-order valence-corrected chi connectivity index (χ4v) is 5.52. The molecule has 1 aliphatic carbocycles. The number of phenols is 1. The molecule has 0 spiro atoms. The summed E-state index contributed by atoms with van der Waals surface area (Å²) in [4.78, 5) is 4.80. The number of ether oxygens (including phenoxy) is 2. The van der Waals surface area contributed by atoms with E-state index in [-0.39, 0.29) is 11.2 Å². The maximum Gasteiger partial charge on any atom is 0.144 e. The van der Waals surface area contributed by atoms with Crippen molar-refractivity contribution in [3.05, 3.63) is 45.5 Å². The van der Waals surface area contributed by atoms with Crippen molar-refractivity contribution >= 4 is 17.8 Å². The molecule has 1 saturated heterocycles. The third-order valence-corrected chi connectivity index (χ3v) is 8.67. The van der Waals surface area contributed by atoms with E-state index < -0.39 is 0 Å². The molecule has 1 aromatic rings. The minimum atomic E-state index is 0.0897. The van der Waals surface area contributed by atoms with Crippen molar-refractivity contribution < 1.29 is 19.4 Å². The van der Waals surface area contributed by atoms with Gasteiger partial charge in [0.05, 0.1) is 37.6 Å². The van der Waals surface area contributed by atoms with Gasteiger partial charge in [0.1, 0.15) is 18.6 Å². The maximum absolute atomic E-state index is 11.0. The van der Waals surface area contributed by atoms with Crippen molar-refractivity contribution in [3.8, 4) is 11.5 Å². The van der Waals surface area contributed by atoms with Crippen LogP contribution in [0.4, 0.5) is 0 Å². The number of oxime groups is 1. The van der Waals surface area contributed by atoms with E-state index >= 15 is 0 Å². The monoisotopic (exact) mass is 504 g/mol. The highest BCUT2D eigenvalue weighted by Gasteiger charge is 2.43. The van der Waals surface area contributed by atoms with Crippen LogP contribution in [0.2, 0.25) is 5.02 Å². The van der Waals surface area contributed by atoms with E-state index in [0.29, 0.717) is 57.8 Å². The zero-order valence-corrected chi connectivity index (χ0v) is 22.9. The quantitative estimate of drug-likeness (QED) is 0.252. The molecule has 2 fully saturated rings. The van der Waals surface area contributed by atoms with Crippen LogP contribution in [0.5, 0.6) is 11.5 Å². The van der Waals surface area contributed by atoms with Gasteiger partial charge >= 0.3 is 0 Å². The predicted octanol–water partition coefficient (Wildman–Crippen LogP) is 5.82. The van der Waals surface area contributed by atoms with Crippen molar-refractivity contribution in [2.24, 2.45) is 22.4 Å². The first-order chi connectivity index (χ1) is 16.6. The zero-order valence-electron chi connectivity index (χ0n) is 22.2.